The number of methoxy groups -OCH3 is 2. The Balaban J connectivity index is 1.42. The Morgan fingerprint density at radius 1 is 1.03 bits per heavy atom. The monoisotopic (exact) mass is 480 g/mol. The Morgan fingerprint density at radius 2 is 1.67 bits per heavy atom. The lowest BCUT2D eigenvalue weighted by atomic mass is 9.98. The van der Waals surface area contributed by atoms with Crippen molar-refractivity contribution < 1.29 is 14.3 Å². The SMILES string of the molecule is COc1ccc(C(NC(=O)CSc2n[nH]c(Cc3cccs3)n2)c2ccc(OC)cc2)cc1. The van der Waals surface area contributed by atoms with Crippen LogP contribution in [0.2, 0.25) is 0 Å². The molecule has 2 aromatic carbocycles. The number of nitrogens with one attached hydrogen (secondary N) is 2. The van der Waals surface area contributed by atoms with Gasteiger partial charge in [0.2, 0.25) is 11.1 Å². The maximum absolute atomic E-state index is 12.8. The molecule has 0 atom stereocenters. The highest BCUT2D eigenvalue weighted by Gasteiger charge is 2.18. The third-order valence-electron chi connectivity index (χ3n) is 4.97. The molecule has 0 unspecified atom stereocenters. The number of amides is 1. The summed E-state index contributed by atoms with van der Waals surface area (Å²) in [6, 6.07) is 19.1. The van der Waals surface area contributed by atoms with Gasteiger partial charge in [0.15, 0.2) is 0 Å². The number of rotatable bonds is 10. The van der Waals surface area contributed by atoms with E-state index in [1.54, 1.807) is 25.6 Å². The maximum Gasteiger partial charge on any atom is 0.231 e. The first-order valence-electron chi connectivity index (χ1n) is 10.3. The van der Waals surface area contributed by atoms with Gasteiger partial charge in [0.05, 0.1) is 26.0 Å². The van der Waals surface area contributed by atoms with Crippen LogP contribution in [0.15, 0.2) is 71.2 Å². The summed E-state index contributed by atoms with van der Waals surface area (Å²) < 4.78 is 10.5. The summed E-state index contributed by atoms with van der Waals surface area (Å²) in [5, 5.41) is 12.9. The van der Waals surface area contributed by atoms with Crippen LogP contribution in [-0.2, 0) is 11.2 Å². The summed E-state index contributed by atoms with van der Waals surface area (Å²) in [6.45, 7) is 0. The molecule has 2 N–H and O–H groups in total. The van der Waals surface area contributed by atoms with Crippen LogP contribution in [-0.4, -0.2) is 41.1 Å². The molecule has 33 heavy (non-hydrogen) atoms. The molecule has 0 saturated carbocycles. The molecule has 1 amide bonds. The number of H-pyrrole nitrogens is 1. The fourth-order valence-corrected chi connectivity index (χ4v) is 4.62. The van der Waals surface area contributed by atoms with Gasteiger partial charge in [0.1, 0.15) is 17.3 Å². The predicted molar refractivity (Wildman–Crippen MR) is 130 cm³/mol. The van der Waals surface area contributed by atoms with E-state index in [2.05, 4.69) is 26.6 Å². The van der Waals surface area contributed by atoms with Crippen molar-refractivity contribution >= 4 is 29.0 Å². The summed E-state index contributed by atoms with van der Waals surface area (Å²) in [6.07, 6.45) is 0.703. The zero-order chi connectivity index (χ0) is 23.0. The topological polar surface area (TPSA) is 89.1 Å². The van der Waals surface area contributed by atoms with E-state index >= 15 is 0 Å². The first-order valence-corrected chi connectivity index (χ1v) is 12.1. The Labute approximate surface area is 200 Å². The molecule has 0 aliphatic rings. The smallest absolute Gasteiger partial charge is 0.231 e. The summed E-state index contributed by atoms with van der Waals surface area (Å²) >= 11 is 2.98. The molecule has 0 aliphatic carbocycles. The van der Waals surface area contributed by atoms with Gasteiger partial charge in [-0.25, -0.2) is 4.98 Å². The predicted octanol–water partition coefficient (Wildman–Crippen LogP) is 4.47. The van der Waals surface area contributed by atoms with Crippen LogP contribution in [0.4, 0.5) is 0 Å². The van der Waals surface area contributed by atoms with Gasteiger partial charge >= 0.3 is 0 Å². The fourth-order valence-electron chi connectivity index (χ4n) is 3.28. The second-order valence-corrected chi connectivity index (χ2v) is 9.13. The number of hydrogen-bond donors (Lipinski definition) is 2. The molecule has 0 bridgehead atoms. The van der Waals surface area contributed by atoms with Crippen LogP contribution < -0.4 is 14.8 Å². The van der Waals surface area contributed by atoms with Crippen molar-refractivity contribution in [1.29, 1.82) is 0 Å². The molecular formula is C24H24N4O3S2. The standard InChI is InChI=1S/C24H24N4O3S2/c1-30-18-9-5-16(6-10-18)23(17-7-11-19(31-2)12-8-17)26-22(29)15-33-24-25-21(27-28-24)14-20-4-3-13-32-20/h3-13,23H,14-15H2,1-2H3,(H,26,29)(H,25,27,28). The number of hydrogen-bond acceptors (Lipinski definition) is 7. The summed E-state index contributed by atoms with van der Waals surface area (Å²) in [7, 11) is 3.26. The molecule has 0 spiro atoms. The van der Waals surface area contributed by atoms with E-state index in [4.69, 9.17) is 9.47 Å². The molecule has 2 aromatic heterocycles. The van der Waals surface area contributed by atoms with E-state index in [1.807, 2.05) is 60.0 Å². The number of carbonyl (C=O) groups is 1. The molecule has 4 aromatic rings. The van der Waals surface area contributed by atoms with Crippen LogP contribution >= 0.6 is 23.1 Å². The summed E-state index contributed by atoms with van der Waals surface area (Å²) in [4.78, 5) is 18.5. The average molecular weight is 481 g/mol. The second kappa shape index (κ2) is 11.0. The maximum atomic E-state index is 12.8. The molecule has 4 rings (SSSR count). The highest BCUT2D eigenvalue weighted by molar-refractivity contribution is 7.99. The van der Waals surface area contributed by atoms with Crippen molar-refractivity contribution in [3.63, 3.8) is 0 Å². The zero-order valence-electron chi connectivity index (χ0n) is 18.3. The Bertz CT molecular complexity index is 1110. The lowest BCUT2D eigenvalue weighted by Gasteiger charge is -2.20. The minimum atomic E-state index is -0.309. The average Bonchev–Trinajstić information content (AvgIpc) is 3.54. The number of thiophene rings is 1. The number of aromatic amines is 1. The Hall–Kier alpha value is -3.30. The number of nitrogens with zero attached hydrogens (tertiary/aromatic N) is 2. The Morgan fingerprint density at radius 3 is 2.21 bits per heavy atom. The van der Waals surface area contributed by atoms with Crippen molar-refractivity contribution in [2.24, 2.45) is 0 Å². The minimum Gasteiger partial charge on any atom is -0.497 e. The van der Waals surface area contributed by atoms with Crippen LogP contribution in [0, 0.1) is 0 Å². The number of aromatic nitrogens is 3. The van der Waals surface area contributed by atoms with E-state index in [1.165, 1.54) is 16.6 Å². The Kier molecular flexibility index (Phi) is 7.64. The minimum absolute atomic E-state index is 0.110. The van der Waals surface area contributed by atoms with Crippen molar-refractivity contribution in [1.82, 2.24) is 20.5 Å². The normalized spacial score (nSPS) is 10.9. The van der Waals surface area contributed by atoms with Crippen molar-refractivity contribution in [3.05, 3.63) is 87.9 Å². The number of benzene rings is 2. The van der Waals surface area contributed by atoms with Gasteiger partial charge in [-0.3, -0.25) is 9.89 Å². The first-order chi connectivity index (χ1) is 16.1. The molecule has 0 aliphatic heterocycles. The highest BCUT2D eigenvalue weighted by atomic mass is 32.2. The van der Waals surface area contributed by atoms with E-state index in [0.717, 1.165) is 28.5 Å². The largest absolute Gasteiger partial charge is 0.497 e. The summed E-state index contributed by atoms with van der Waals surface area (Å²) in [5.74, 6) is 2.41. The van der Waals surface area contributed by atoms with Gasteiger partial charge < -0.3 is 14.8 Å². The van der Waals surface area contributed by atoms with Gasteiger partial charge in [-0.15, -0.1) is 16.4 Å². The molecule has 2 heterocycles. The molecule has 0 saturated heterocycles. The third-order valence-corrected chi connectivity index (χ3v) is 6.69. The van der Waals surface area contributed by atoms with Crippen LogP contribution in [0.3, 0.4) is 0 Å². The number of carbonyl (C=O) groups excluding carboxylic acids is 1. The van der Waals surface area contributed by atoms with Gasteiger partial charge in [-0.05, 0) is 46.8 Å². The van der Waals surface area contributed by atoms with Crippen molar-refractivity contribution in [2.75, 3.05) is 20.0 Å². The van der Waals surface area contributed by atoms with E-state index in [-0.39, 0.29) is 17.7 Å². The van der Waals surface area contributed by atoms with E-state index in [0.29, 0.717) is 11.6 Å². The quantitative estimate of drug-likeness (QED) is 0.326. The van der Waals surface area contributed by atoms with Crippen molar-refractivity contribution in [3.8, 4) is 11.5 Å². The van der Waals surface area contributed by atoms with Gasteiger partial charge in [0, 0.05) is 11.3 Å². The molecule has 0 fully saturated rings. The van der Waals surface area contributed by atoms with E-state index < -0.39 is 0 Å². The molecule has 9 heteroatoms. The molecule has 170 valence electrons. The zero-order valence-corrected chi connectivity index (χ0v) is 19.9. The lowest BCUT2D eigenvalue weighted by Crippen LogP contribution is -2.30. The first kappa shape index (κ1) is 22.9. The van der Waals surface area contributed by atoms with Gasteiger partial charge in [-0.2, -0.15) is 0 Å². The van der Waals surface area contributed by atoms with E-state index in [9.17, 15) is 4.79 Å². The molecule has 0 radical (unpaired) electrons. The highest BCUT2D eigenvalue weighted by Crippen LogP contribution is 2.26. The van der Waals surface area contributed by atoms with Crippen LogP contribution in [0.5, 0.6) is 11.5 Å². The van der Waals surface area contributed by atoms with Gasteiger partial charge in [0.25, 0.3) is 0 Å². The second-order valence-electron chi connectivity index (χ2n) is 7.16. The van der Waals surface area contributed by atoms with Crippen LogP contribution in [0.25, 0.3) is 0 Å². The number of thioether (sulfide) groups is 1. The molecule has 7 nitrogen and oxygen atoms in total. The van der Waals surface area contributed by atoms with Gasteiger partial charge in [-0.1, -0.05) is 42.1 Å². The lowest BCUT2D eigenvalue weighted by molar-refractivity contribution is -0.119. The van der Waals surface area contributed by atoms with Crippen molar-refractivity contribution in [2.45, 2.75) is 17.6 Å². The molecular weight excluding hydrogens is 456 g/mol. The fraction of sp³-hybridized carbons (Fsp3) is 0.208. The number of ether oxygens (including phenoxy) is 2. The third kappa shape index (κ3) is 6.15. The summed E-state index contributed by atoms with van der Waals surface area (Å²) in [5.41, 5.74) is 1.91. The van der Waals surface area contributed by atoms with Crippen LogP contribution in [0.1, 0.15) is 27.9 Å².